The molecule has 0 aliphatic carbocycles. The molecular formula is C17H31IN6O2. The summed E-state index contributed by atoms with van der Waals surface area (Å²) in [5.41, 5.74) is 6.82. The van der Waals surface area contributed by atoms with Gasteiger partial charge in [-0.05, 0) is 39.2 Å². The standard InChI is InChI=1S/C17H30N6O2.HI/c1-17(2,3)25-16(24)23-10-8-22(9-11-23)15(18)19-7-5-6-14-12-20-21(4)13-14;/h12-13H,5-11H2,1-4H3,(H2,18,19);1H. The van der Waals surface area contributed by atoms with Crippen molar-refractivity contribution in [2.24, 2.45) is 17.8 Å². The number of nitrogens with zero attached hydrogens (tertiary/aromatic N) is 5. The number of nitrogens with two attached hydrogens (primary N) is 1. The molecule has 26 heavy (non-hydrogen) atoms. The van der Waals surface area contributed by atoms with Crippen LogP contribution >= 0.6 is 24.0 Å². The van der Waals surface area contributed by atoms with E-state index in [0.717, 1.165) is 12.8 Å². The van der Waals surface area contributed by atoms with Crippen molar-refractivity contribution in [3.63, 3.8) is 0 Å². The molecule has 0 atom stereocenters. The van der Waals surface area contributed by atoms with E-state index in [0.29, 0.717) is 38.7 Å². The maximum Gasteiger partial charge on any atom is 0.410 e. The van der Waals surface area contributed by atoms with E-state index in [1.807, 2.05) is 45.1 Å². The predicted octanol–water partition coefficient (Wildman–Crippen LogP) is 1.84. The van der Waals surface area contributed by atoms with Crippen molar-refractivity contribution in [2.75, 3.05) is 32.7 Å². The summed E-state index contributed by atoms with van der Waals surface area (Å²) in [6.45, 7) is 8.86. The fraction of sp³-hybridized carbons (Fsp3) is 0.706. The highest BCUT2D eigenvalue weighted by Gasteiger charge is 2.26. The molecule has 2 heterocycles. The Morgan fingerprint density at radius 2 is 1.88 bits per heavy atom. The van der Waals surface area contributed by atoms with Crippen molar-refractivity contribution in [3.8, 4) is 0 Å². The molecule has 148 valence electrons. The average molecular weight is 478 g/mol. The first-order chi connectivity index (χ1) is 11.7. The molecule has 0 unspecified atom stereocenters. The van der Waals surface area contributed by atoms with Crippen molar-refractivity contribution in [3.05, 3.63) is 18.0 Å². The maximum atomic E-state index is 12.1. The number of piperazine rings is 1. The molecule has 9 heteroatoms. The van der Waals surface area contributed by atoms with Crippen LogP contribution in [-0.4, -0.2) is 70.0 Å². The second kappa shape index (κ2) is 9.98. The Hall–Kier alpha value is -1.52. The fourth-order valence-electron chi connectivity index (χ4n) is 2.62. The van der Waals surface area contributed by atoms with Gasteiger partial charge in [0.05, 0.1) is 6.20 Å². The Morgan fingerprint density at radius 1 is 1.27 bits per heavy atom. The Balaban J connectivity index is 0.00000338. The summed E-state index contributed by atoms with van der Waals surface area (Å²) in [5, 5.41) is 4.15. The second-order valence-electron chi connectivity index (χ2n) is 7.32. The van der Waals surface area contributed by atoms with Crippen LogP contribution in [0.4, 0.5) is 4.79 Å². The van der Waals surface area contributed by atoms with Crippen LogP contribution in [0.2, 0.25) is 0 Å². The summed E-state index contributed by atoms with van der Waals surface area (Å²) in [6, 6.07) is 0. The quantitative estimate of drug-likeness (QED) is 0.309. The average Bonchev–Trinajstić information content (AvgIpc) is 2.95. The van der Waals surface area contributed by atoms with Crippen LogP contribution in [0.15, 0.2) is 17.4 Å². The molecule has 2 N–H and O–H groups in total. The normalized spacial score (nSPS) is 15.6. The number of hydrogen-bond acceptors (Lipinski definition) is 4. The van der Waals surface area contributed by atoms with E-state index in [1.54, 1.807) is 9.58 Å². The zero-order valence-corrected chi connectivity index (χ0v) is 18.5. The summed E-state index contributed by atoms with van der Waals surface area (Å²) in [5.74, 6) is 0.551. The third kappa shape index (κ3) is 7.38. The molecule has 2 rings (SSSR count). The molecular weight excluding hydrogens is 447 g/mol. The molecule has 1 aromatic heterocycles. The van der Waals surface area contributed by atoms with Crippen LogP contribution in [0.25, 0.3) is 0 Å². The van der Waals surface area contributed by atoms with Gasteiger partial charge in [-0.25, -0.2) is 4.79 Å². The number of ether oxygens (including phenoxy) is 1. The Kier molecular flexibility index (Phi) is 8.65. The monoisotopic (exact) mass is 478 g/mol. The molecule has 0 saturated carbocycles. The number of carbonyl (C=O) groups is 1. The van der Waals surface area contributed by atoms with Crippen molar-refractivity contribution in [1.29, 1.82) is 0 Å². The van der Waals surface area contributed by atoms with Gasteiger partial charge in [-0.2, -0.15) is 5.10 Å². The molecule has 0 spiro atoms. The van der Waals surface area contributed by atoms with E-state index >= 15 is 0 Å². The van der Waals surface area contributed by atoms with E-state index in [9.17, 15) is 4.79 Å². The Morgan fingerprint density at radius 3 is 2.42 bits per heavy atom. The van der Waals surface area contributed by atoms with Crippen LogP contribution in [0.1, 0.15) is 32.8 Å². The van der Waals surface area contributed by atoms with Crippen molar-refractivity contribution in [1.82, 2.24) is 19.6 Å². The highest BCUT2D eigenvalue weighted by molar-refractivity contribution is 14.0. The molecule has 1 aromatic rings. The number of hydrogen-bond donors (Lipinski definition) is 1. The van der Waals surface area contributed by atoms with Crippen LogP contribution in [0.5, 0.6) is 0 Å². The van der Waals surface area contributed by atoms with Gasteiger partial charge in [0.15, 0.2) is 5.96 Å². The lowest BCUT2D eigenvalue weighted by atomic mass is 10.2. The zero-order valence-electron chi connectivity index (χ0n) is 16.1. The summed E-state index contributed by atoms with van der Waals surface area (Å²) in [7, 11) is 1.91. The molecule has 1 saturated heterocycles. The van der Waals surface area contributed by atoms with Gasteiger partial charge >= 0.3 is 6.09 Å². The van der Waals surface area contributed by atoms with E-state index in [-0.39, 0.29) is 30.1 Å². The van der Waals surface area contributed by atoms with Crippen LogP contribution < -0.4 is 5.73 Å². The smallest absolute Gasteiger partial charge is 0.410 e. The second-order valence-corrected chi connectivity index (χ2v) is 7.32. The molecule has 0 radical (unpaired) electrons. The molecule has 0 aromatic carbocycles. The van der Waals surface area contributed by atoms with Gasteiger partial charge < -0.3 is 20.3 Å². The lowest BCUT2D eigenvalue weighted by Gasteiger charge is -2.36. The number of guanidine groups is 1. The van der Waals surface area contributed by atoms with Gasteiger partial charge in [0.2, 0.25) is 0 Å². The summed E-state index contributed by atoms with van der Waals surface area (Å²) in [4.78, 5) is 20.3. The lowest BCUT2D eigenvalue weighted by molar-refractivity contribution is 0.0186. The first-order valence-electron chi connectivity index (χ1n) is 8.75. The number of halogens is 1. The molecule has 1 aliphatic rings. The van der Waals surface area contributed by atoms with Gasteiger partial charge in [-0.3, -0.25) is 9.67 Å². The number of rotatable bonds is 4. The van der Waals surface area contributed by atoms with E-state index in [1.165, 1.54) is 5.56 Å². The number of aliphatic imine (C=N–C) groups is 1. The van der Waals surface area contributed by atoms with Gasteiger partial charge in [-0.1, -0.05) is 0 Å². The van der Waals surface area contributed by atoms with E-state index in [4.69, 9.17) is 10.5 Å². The van der Waals surface area contributed by atoms with Crippen molar-refractivity contribution >= 4 is 36.0 Å². The van der Waals surface area contributed by atoms with Crippen molar-refractivity contribution in [2.45, 2.75) is 39.2 Å². The highest BCUT2D eigenvalue weighted by Crippen LogP contribution is 2.11. The van der Waals surface area contributed by atoms with E-state index in [2.05, 4.69) is 10.1 Å². The van der Waals surface area contributed by atoms with Gasteiger partial charge in [-0.15, -0.1) is 24.0 Å². The number of aryl methyl sites for hydroxylation is 2. The topological polar surface area (TPSA) is 89.0 Å². The lowest BCUT2D eigenvalue weighted by Crippen LogP contribution is -2.53. The molecule has 8 nitrogen and oxygen atoms in total. The molecule has 0 bridgehead atoms. The van der Waals surface area contributed by atoms with E-state index < -0.39 is 5.60 Å². The first-order valence-corrected chi connectivity index (χ1v) is 8.75. The largest absolute Gasteiger partial charge is 0.444 e. The highest BCUT2D eigenvalue weighted by atomic mass is 127. The number of carbonyl (C=O) groups excluding carboxylic acids is 1. The fourth-order valence-corrected chi connectivity index (χ4v) is 2.62. The summed E-state index contributed by atoms with van der Waals surface area (Å²) in [6.07, 6.45) is 5.51. The first kappa shape index (κ1) is 22.5. The predicted molar refractivity (Wildman–Crippen MR) is 113 cm³/mol. The third-order valence-corrected chi connectivity index (χ3v) is 3.91. The zero-order chi connectivity index (χ0) is 18.4. The minimum absolute atomic E-state index is 0. The van der Waals surface area contributed by atoms with Crippen LogP contribution in [-0.2, 0) is 18.2 Å². The molecule has 1 amide bonds. The number of aromatic nitrogens is 2. The van der Waals surface area contributed by atoms with Gasteiger partial charge in [0.25, 0.3) is 0 Å². The van der Waals surface area contributed by atoms with Crippen molar-refractivity contribution < 1.29 is 9.53 Å². The van der Waals surface area contributed by atoms with Gasteiger partial charge in [0, 0.05) is 46.0 Å². The summed E-state index contributed by atoms with van der Waals surface area (Å²) >= 11 is 0. The SMILES string of the molecule is Cn1cc(CCCN=C(N)N2CCN(C(=O)OC(C)(C)C)CC2)cn1.I. The minimum atomic E-state index is -0.469. The van der Waals surface area contributed by atoms with Gasteiger partial charge in [0.1, 0.15) is 5.60 Å². The van der Waals surface area contributed by atoms with Crippen LogP contribution in [0.3, 0.4) is 0 Å². The summed E-state index contributed by atoms with van der Waals surface area (Å²) < 4.78 is 7.20. The maximum absolute atomic E-state index is 12.1. The third-order valence-electron chi connectivity index (χ3n) is 3.91. The minimum Gasteiger partial charge on any atom is -0.444 e. The Labute approximate surface area is 172 Å². The molecule has 1 aliphatic heterocycles. The van der Waals surface area contributed by atoms with Crippen LogP contribution in [0, 0.1) is 0 Å². The Bertz CT molecular complexity index is 603. The number of amides is 1. The molecule has 1 fully saturated rings.